The van der Waals surface area contributed by atoms with E-state index in [4.69, 9.17) is 11.6 Å². The molecule has 2 rings (SSSR count). The Morgan fingerprint density at radius 2 is 2.36 bits per heavy atom. The fraction of sp³-hybridized carbons (Fsp3) is 0.143. The van der Waals surface area contributed by atoms with Crippen molar-refractivity contribution in [2.45, 2.75) is 6.92 Å². The molecular weight excluding hydrogens is 162 g/mol. The summed E-state index contributed by atoms with van der Waals surface area (Å²) < 4.78 is 0. The molecule has 2 heterocycles. The molecule has 0 radical (unpaired) electrons. The first kappa shape index (κ1) is 6.61. The average Bonchev–Trinajstić information content (AvgIpc) is 2.34. The molecule has 0 unspecified atom stereocenters. The van der Waals surface area contributed by atoms with Crippen LogP contribution >= 0.6 is 11.6 Å². The molecular formula is C7H6ClN3. The van der Waals surface area contributed by atoms with Gasteiger partial charge in [0.25, 0.3) is 0 Å². The van der Waals surface area contributed by atoms with E-state index in [1.165, 1.54) is 0 Å². The van der Waals surface area contributed by atoms with Crippen molar-refractivity contribution in [1.82, 2.24) is 15.0 Å². The maximum Gasteiger partial charge on any atom is 0.157 e. The van der Waals surface area contributed by atoms with Crippen LogP contribution in [-0.4, -0.2) is 15.0 Å². The van der Waals surface area contributed by atoms with Gasteiger partial charge in [-0.25, -0.2) is 9.97 Å². The first-order valence-electron chi connectivity index (χ1n) is 3.23. The van der Waals surface area contributed by atoms with Crippen molar-refractivity contribution >= 4 is 22.6 Å². The van der Waals surface area contributed by atoms with Crippen LogP contribution in [0.3, 0.4) is 0 Å². The third-order valence-corrected chi connectivity index (χ3v) is 1.76. The lowest BCUT2D eigenvalue weighted by molar-refractivity contribution is 1.22. The standard InChI is InChI=1S/C7H6ClN3/c1-4-2-5-6(7(8)11-4)10-3-9-5/h2-3H,1H3,(H,9,10). The van der Waals surface area contributed by atoms with Crippen molar-refractivity contribution in [3.8, 4) is 0 Å². The van der Waals surface area contributed by atoms with Crippen molar-refractivity contribution < 1.29 is 0 Å². The maximum atomic E-state index is 5.81. The van der Waals surface area contributed by atoms with Crippen molar-refractivity contribution in [3.05, 3.63) is 23.2 Å². The Labute approximate surface area is 68.4 Å². The second kappa shape index (κ2) is 2.20. The molecule has 0 aliphatic heterocycles. The lowest BCUT2D eigenvalue weighted by atomic mass is 10.3. The molecule has 0 saturated heterocycles. The van der Waals surface area contributed by atoms with Gasteiger partial charge < -0.3 is 4.98 Å². The summed E-state index contributed by atoms with van der Waals surface area (Å²) in [5.74, 6) is 0. The number of pyridine rings is 1. The summed E-state index contributed by atoms with van der Waals surface area (Å²) in [4.78, 5) is 11.0. The topological polar surface area (TPSA) is 41.6 Å². The molecule has 0 aliphatic rings. The minimum Gasteiger partial charge on any atom is -0.344 e. The molecule has 0 fully saturated rings. The Hall–Kier alpha value is -1.09. The van der Waals surface area contributed by atoms with Crippen LogP contribution in [-0.2, 0) is 0 Å². The predicted molar refractivity (Wildman–Crippen MR) is 43.6 cm³/mol. The van der Waals surface area contributed by atoms with E-state index >= 15 is 0 Å². The van der Waals surface area contributed by atoms with Gasteiger partial charge >= 0.3 is 0 Å². The van der Waals surface area contributed by atoms with E-state index in [1.807, 2.05) is 13.0 Å². The molecule has 4 heteroatoms. The van der Waals surface area contributed by atoms with Gasteiger partial charge in [0.1, 0.15) is 5.52 Å². The maximum absolute atomic E-state index is 5.81. The number of imidazole rings is 1. The molecule has 2 aromatic heterocycles. The molecule has 56 valence electrons. The second-order valence-corrected chi connectivity index (χ2v) is 2.71. The summed E-state index contributed by atoms with van der Waals surface area (Å²) >= 11 is 5.81. The highest BCUT2D eigenvalue weighted by molar-refractivity contribution is 6.33. The Balaban J connectivity index is 2.91. The first-order valence-corrected chi connectivity index (χ1v) is 3.61. The largest absolute Gasteiger partial charge is 0.344 e. The Morgan fingerprint density at radius 3 is 3.18 bits per heavy atom. The predicted octanol–water partition coefficient (Wildman–Crippen LogP) is 1.92. The van der Waals surface area contributed by atoms with Crippen molar-refractivity contribution in [2.24, 2.45) is 0 Å². The summed E-state index contributed by atoms with van der Waals surface area (Å²) in [6.45, 7) is 1.90. The van der Waals surface area contributed by atoms with Gasteiger partial charge in [0.2, 0.25) is 0 Å². The van der Waals surface area contributed by atoms with Crippen LogP contribution < -0.4 is 0 Å². The Bertz CT molecular complexity index is 393. The Kier molecular flexibility index (Phi) is 1.32. The lowest BCUT2D eigenvalue weighted by Gasteiger charge is -1.93. The number of nitrogens with zero attached hydrogens (tertiary/aromatic N) is 2. The van der Waals surface area contributed by atoms with E-state index in [-0.39, 0.29) is 0 Å². The fourth-order valence-corrected chi connectivity index (χ4v) is 1.31. The zero-order chi connectivity index (χ0) is 7.84. The summed E-state index contributed by atoms with van der Waals surface area (Å²) in [5.41, 5.74) is 2.56. The van der Waals surface area contributed by atoms with Crippen molar-refractivity contribution in [3.63, 3.8) is 0 Å². The Morgan fingerprint density at radius 1 is 1.55 bits per heavy atom. The van der Waals surface area contributed by atoms with Gasteiger partial charge in [-0.15, -0.1) is 0 Å². The van der Waals surface area contributed by atoms with Crippen molar-refractivity contribution in [1.29, 1.82) is 0 Å². The fourth-order valence-electron chi connectivity index (χ4n) is 1.03. The highest BCUT2D eigenvalue weighted by atomic mass is 35.5. The molecule has 2 aromatic rings. The summed E-state index contributed by atoms with van der Waals surface area (Å²) in [6, 6.07) is 1.91. The van der Waals surface area contributed by atoms with E-state index in [0.717, 1.165) is 16.7 Å². The number of halogens is 1. The van der Waals surface area contributed by atoms with Gasteiger partial charge in [-0.3, -0.25) is 0 Å². The molecule has 0 aliphatic carbocycles. The van der Waals surface area contributed by atoms with Gasteiger partial charge in [0.05, 0.1) is 11.8 Å². The molecule has 1 N–H and O–H groups in total. The molecule has 3 nitrogen and oxygen atoms in total. The number of rotatable bonds is 0. The molecule has 0 bridgehead atoms. The van der Waals surface area contributed by atoms with E-state index < -0.39 is 0 Å². The van der Waals surface area contributed by atoms with Gasteiger partial charge in [0.15, 0.2) is 5.15 Å². The molecule has 0 atom stereocenters. The smallest absolute Gasteiger partial charge is 0.157 e. The van der Waals surface area contributed by atoms with Crippen LogP contribution in [0.1, 0.15) is 5.69 Å². The van der Waals surface area contributed by atoms with Crippen LogP contribution in [0.5, 0.6) is 0 Å². The number of hydrogen-bond donors (Lipinski definition) is 1. The third-order valence-electron chi connectivity index (χ3n) is 1.49. The van der Waals surface area contributed by atoms with Crippen molar-refractivity contribution in [2.75, 3.05) is 0 Å². The van der Waals surface area contributed by atoms with Crippen LogP contribution in [0.4, 0.5) is 0 Å². The SMILES string of the molecule is Cc1cc2[nH]cnc2c(Cl)n1. The van der Waals surface area contributed by atoms with E-state index in [1.54, 1.807) is 6.33 Å². The highest BCUT2D eigenvalue weighted by Gasteiger charge is 2.02. The van der Waals surface area contributed by atoms with Gasteiger partial charge in [-0.05, 0) is 13.0 Å². The highest BCUT2D eigenvalue weighted by Crippen LogP contribution is 2.17. The third kappa shape index (κ3) is 0.973. The number of fused-ring (bicyclic) bond motifs is 1. The van der Waals surface area contributed by atoms with Crippen LogP contribution in [0, 0.1) is 6.92 Å². The summed E-state index contributed by atoms with van der Waals surface area (Å²) in [7, 11) is 0. The number of nitrogens with one attached hydrogen (secondary N) is 1. The monoisotopic (exact) mass is 167 g/mol. The van der Waals surface area contributed by atoms with Crippen LogP contribution in [0.25, 0.3) is 11.0 Å². The lowest BCUT2D eigenvalue weighted by Crippen LogP contribution is -1.82. The van der Waals surface area contributed by atoms with Gasteiger partial charge in [0, 0.05) is 5.69 Å². The molecule has 0 amide bonds. The molecule has 0 spiro atoms. The average molecular weight is 168 g/mol. The van der Waals surface area contributed by atoms with Gasteiger partial charge in [-0.1, -0.05) is 11.6 Å². The molecule has 11 heavy (non-hydrogen) atoms. The van der Waals surface area contributed by atoms with Gasteiger partial charge in [-0.2, -0.15) is 0 Å². The quantitative estimate of drug-likeness (QED) is 0.609. The van der Waals surface area contributed by atoms with E-state index in [0.29, 0.717) is 5.15 Å². The number of hydrogen-bond acceptors (Lipinski definition) is 2. The number of aromatic nitrogens is 3. The number of aryl methyl sites for hydroxylation is 1. The normalized spacial score (nSPS) is 10.7. The zero-order valence-corrected chi connectivity index (χ0v) is 6.68. The minimum absolute atomic E-state index is 0.459. The zero-order valence-electron chi connectivity index (χ0n) is 5.93. The van der Waals surface area contributed by atoms with E-state index in [9.17, 15) is 0 Å². The summed E-state index contributed by atoms with van der Waals surface area (Å²) in [5, 5.41) is 0.459. The minimum atomic E-state index is 0.459. The first-order chi connectivity index (χ1) is 5.27. The molecule has 0 saturated carbocycles. The van der Waals surface area contributed by atoms with Crippen LogP contribution in [0.2, 0.25) is 5.15 Å². The number of aromatic amines is 1. The summed E-state index contributed by atoms with van der Waals surface area (Å²) in [6.07, 6.45) is 1.61. The number of H-pyrrole nitrogens is 1. The second-order valence-electron chi connectivity index (χ2n) is 2.35. The van der Waals surface area contributed by atoms with E-state index in [2.05, 4.69) is 15.0 Å². The van der Waals surface area contributed by atoms with Crippen LogP contribution in [0.15, 0.2) is 12.4 Å². The molecule has 0 aromatic carbocycles.